The van der Waals surface area contributed by atoms with E-state index in [1.807, 2.05) is 54.6 Å². The minimum absolute atomic E-state index is 0.139. The lowest BCUT2D eigenvalue weighted by molar-refractivity contribution is -0.137. The second-order valence-electron chi connectivity index (χ2n) is 7.49. The van der Waals surface area contributed by atoms with Gasteiger partial charge in [-0.25, -0.2) is 8.42 Å². The van der Waals surface area contributed by atoms with E-state index in [0.717, 1.165) is 16.3 Å². The van der Waals surface area contributed by atoms with Gasteiger partial charge in [-0.05, 0) is 34.9 Å². The van der Waals surface area contributed by atoms with E-state index < -0.39 is 22.0 Å². The maximum atomic E-state index is 13.4. The van der Waals surface area contributed by atoms with Crippen LogP contribution in [-0.4, -0.2) is 42.5 Å². The third-order valence-corrected chi connectivity index (χ3v) is 7.31. The molecule has 1 aliphatic rings. The maximum Gasteiger partial charge on any atom is 0.304 e. The lowest BCUT2D eigenvalue weighted by atomic mass is 10.1. The molecule has 1 fully saturated rings. The molecule has 0 radical (unpaired) electrons. The Morgan fingerprint density at radius 2 is 1.70 bits per heavy atom. The Bertz CT molecular complexity index is 1150. The normalized spacial score (nSPS) is 19.9. The van der Waals surface area contributed by atoms with Crippen LogP contribution in [0.4, 0.5) is 0 Å². The summed E-state index contributed by atoms with van der Waals surface area (Å²) in [5.41, 5.74) is 0.989. The highest BCUT2D eigenvalue weighted by molar-refractivity contribution is 7.89. The number of carboxylic acid groups (broad SMARTS) is 1. The number of hydrogen-bond donors (Lipinski definition) is 1. The first kappa shape index (κ1) is 20.5. The average molecular weight is 426 g/mol. The molecular formula is C23H23NO5S. The largest absolute Gasteiger partial charge is 0.481 e. The minimum Gasteiger partial charge on any atom is -0.481 e. The van der Waals surface area contributed by atoms with Crippen LogP contribution >= 0.6 is 0 Å². The minimum atomic E-state index is -3.85. The third-order valence-electron chi connectivity index (χ3n) is 5.39. The van der Waals surface area contributed by atoms with Gasteiger partial charge < -0.3 is 9.84 Å². The molecule has 1 heterocycles. The van der Waals surface area contributed by atoms with E-state index >= 15 is 0 Å². The Kier molecular flexibility index (Phi) is 5.85. The summed E-state index contributed by atoms with van der Waals surface area (Å²) in [6, 6.07) is 21.5. The van der Waals surface area contributed by atoms with E-state index in [1.165, 1.54) is 4.31 Å². The monoisotopic (exact) mass is 425 g/mol. The number of rotatable bonds is 7. The highest BCUT2D eigenvalue weighted by Crippen LogP contribution is 2.31. The summed E-state index contributed by atoms with van der Waals surface area (Å²) < 4.78 is 34.0. The van der Waals surface area contributed by atoms with Crippen LogP contribution in [0, 0.1) is 0 Å². The summed E-state index contributed by atoms with van der Waals surface area (Å²) in [7, 11) is -3.85. The summed E-state index contributed by atoms with van der Waals surface area (Å²) in [4.78, 5) is 11.5. The topological polar surface area (TPSA) is 83.9 Å². The van der Waals surface area contributed by atoms with Crippen molar-refractivity contribution in [3.63, 3.8) is 0 Å². The number of carbonyl (C=O) groups is 1. The van der Waals surface area contributed by atoms with Crippen LogP contribution in [0.5, 0.6) is 0 Å². The molecule has 4 rings (SSSR count). The molecule has 0 aliphatic carbocycles. The Morgan fingerprint density at radius 1 is 1.00 bits per heavy atom. The second kappa shape index (κ2) is 8.55. The van der Waals surface area contributed by atoms with Crippen molar-refractivity contribution in [1.29, 1.82) is 0 Å². The number of sulfonamides is 1. The number of ether oxygens (including phenoxy) is 1. The van der Waals surface area contributed by atoms with Gasteiger partial charge >= 0.3 is 5.97 Å². The summed E-state index contributed by atoms with van der Waals surface area (Å²) in [5.74, 6) is -1.03. The quantitative estimate of drug-likeness (QED) is 0.625. The van der Waals surface area contributed by atoms with Crippen molar-refractivity contribution >= 4 is 26.8 Å². The first-order chi connectivity index (χ1) is 14.4. The summed E-state index contributed by atoms with van der Waals surface area (Å²) >= 11 is 0. The zero-order valence-electron chi connectivity index (χ0n) is 16.3. The predicted molar refractivity (Wildman–Crippen MR) is 114 cm³/mol. The van der Waals surface area contributed by atoms with Crippen molar-refractivity contribution in [2.45, 2.75) is 36.5 Å². The fourth-order valence-electron chi connectivity index (χ4n) is 3.90. The van der Waals surface area contributed by atoms with Crippen molar-refractivity contribution in [3.05, 3.63) is 78.4 Å². The molecule has 0 bridgehead atoms. The van der Waals surface area contributed by atoms with E-state index in [1.54, 1.807) is 18.2 Å². The molecule has 3 aromatic carbocycles. The molecule has 156 valence electrons. The van der Waals surface area contributed by atoms with Gasteiger partial charge in [0.1, 0.15) is 0 Å². The lowest BCUT2D eigenvalue weighted by Gasteiger charge is -2.22. The van der Waals surface area contributed by atoms with Gasteiger partial charge in [-0.2, -0.15) is 4.31 Å². The van der Waals surface area contributed by atoms with Crippen molar-refractivity contribution < 1.29 is 23.1 Å². The molecule has 2 atom stereocenters. The first-order valence-corrected chi connectivity index (χ1v) is 11.3. The fraction of sp³-hybridized carbons (Fsp3) is 0.261. The molecule has 1 aliphatic heterocycles. The number of aliphatic carboxylic acids is 1. The van der Waals surface area contributed by atoms with Gasteiger partial charge in [0, 0.05) is 12.6 Å². The van der Waals surface area contributed by atoms with Crippen LogP contribution in [0.1, 0.15) is 18.4 Å². The molecule has 0 spiro atoms. The highest BCUT2D eigenvalue weighted by Gasteiger charge is 2.41. The van der Waals surface area contributed by atoms with Crippen LogP contribution in [0.25, 0.3) is 10.8 Å². The summed E-state index contributed by atoms with van der Waals surface area (Å²) in [6.07, 6.45) is -0.256. The van der Waals surface area contributed by atoms with Crippen LogP contribution in [0.15, 0.2) is 77.7 Å². The van der Waals surface area contributed by atoms with E-state index in [4.69, 9.17) is 4.74 Å². The second-order valence-corrected chi connectivity index (χ2v) is 9.38. The smallest absolute Gasteiger partial charge is 0.304 e. The van der Waals surface area contributed by atoms with Crippen molar-refractivity contribution in [3.8, 4) is 0 Å². The number of nitrogens with zero attached hydrogens (tertiary/aromatic N) is 1. The molecule has 6 nitrogen and oxygen atoms in total. The van der Waals surface area contributed by atoms with E-state index in [2.05, 4.69) is 0 Å². The van der Waals surface area contributed by atoms with E-state index in [9.17, 15) is 18.3 Å². The summed E-state index contributed by atoms with van der Waals surface area (Å²) in [6.45, 7) is 0.495. The molecule has 0 aromatic heterocycles. The van der Waals surface area contributed by atoms with Crippen LogP contribution in [-0.2, 0) is 26.2 Å². The Labute approximate surface area is 175 Å². The molecule has 1 N–H and O–H groups in total. The van der Waals surface area contributed by atoms with Gasteiger partial charge in [-0.1, -0.05) is 60.7 Å². The van der Waals surface area contributed by atoms with Crippen molar-refractivity contribution in [2.24, 2.45) is 0 Å². The number of benzene rings is 3. The van der Waals surface area contributed by atoms with Gasteiger partial charge in [-0.15, -0.1) is 0 Å². The molecule has 1 saturated heterocycles. The number of hydrogen-bond acceptors (Lipinski definition) is 4. The Hall–Kier alpha value is -2.74. The van der Waals surface area contributed by atoms with Crippen molar-refractivity contribution in [2.75, 3.05) is 6.54 Å². The van der Waals surface area contributed by atoms with Crippen molar-refractivity contribution in [1.82, 2.24) is 4.31 Å². The summed E-state index contributed by atoms with van der Waals surface area (Å²) in [5, 5.41) is 11.1. The zero-order chi connectivity index (χ0) is 21.1. The highest BCUT2D eigenvalue weighted by atomic mass is 32.2. The Morgan fingerprint density at radius 3 is 2.43 bits per heavy atom. The predicted octanol–water partition coefficient (Wildman–Crippen LogP) is 3.66. The molecular weight excluding hydrogens is 402 g/mol. The molecule has 0 amide bonds. The van der Waals surface area contributed by atoms with E-state index in [0.29, 0.717) is 13.0 Å². The lowest BCUT2D eigenvalue weighted by Crippen LogP contribution is -2.37. The average Bonchev–Trinajstić information content (AvgIpc) is 3.15. The molecule has 30 heavy (non-hydrogen) atoms. The zero-order valence-corrected chi connectivity index (χ0v) is 17.2. The van der Waals surface area contributed by atoms with Gasteiger partial charge in [0.2, 0.25) is 10.0 Å². The number of fused-ring (bicyclic) bond motifs is 1. The maximum absolute atomic E-state index is 13.4. The SMILES string of the molecule is O=C(O)CC1CC(OCc2ccccc2)CN1S(=O)(=O)c1ccc2ccccc2c1. The first-order valence-electron chi connectivity index (χ1n) is 9.81. The molecule has 2 unspecified atom stereocenters. The fourth-order valence-corrected chi connectivity index (χ4v) is 5.60. The van der Waals surface area contributed by atoms with Gasteiger partial charge in [-0.3, -0.25) is 4.79 Å². The standard InChI is InChI=1S/C23H23NO5S/c25-23(26)14-20-13-21(29-16-17-6-2-1-3-7-17)15-24(20)30(27,28)22-11-10-18-8-4-5-9-19(18)12-22/h1-12,20-21H,13-16H2,(H,25,26). The molecule has 0 saturated carbocycles. The van der Waals surface area contributed by atoms with E-state index in [-0.39, 0.29) is 24.0 Å². The van der Waals surface area contributed by atoms with Crippen LogP contribution in [0.3, 0.4) is 0 Å². The number of carboxylic acids is 1. The van der Waals surface area contributed by atoms with Crippen LogP contribution < -0.4 is 0 Å². The molecule has 3 aromatic rings. The third kappa shape index (κ3) is 4.38. The Balaban J connectivity index is 1.57. The van der Waals surface area contributed by atoms with Gasteiger partial charge in [0.25, 0.3) is 0 Å². The van der Waals surface area contributed by atoms with Crippen LogP contribution in [0.2, 0.25) is 0 Å². The van der Waals surface area contributed by atoms with Gasteiger partial charge in [0.05, 0.1) is 24.0 Å². The van der Waals surface area contributed by atoms with Gasteiger partial charge in [0.15, 0.2) is 0 Å². The molecule has 7 heteroatoms.